The van der Waals surface area contributed by atoms with Gasteiger partial charge >= 0.3 is 12.2 Å². The number of carbonyl (C=O) groups excluding carboxylic acids is 2. The summed E-state index contributed by atoms with van der Waals surface area (Å²) in [7, 11) is 0. The van der Waals surface area contributed by atoms with E-state index in [9.17, 15) is 9.59 Å². The summed E-state index contributed by atoms with van der Waals surface area (Å²) in [6.45, 7) is 12.1. The number of carbonyl (C=O) groups is 2. The van der Waals surface area contributed by atoms with Gasteiger partial charge < -0.3 is 19.7 Å². The second-order valence-corrected chi connectivity index (χ2v) is 7.41. The molecule has 1 rings (SSSR count). The second-order valence-electron chi connectivity index (χ2n) is 7.41. The molecule has 0 aromatic rings. The maximum Gasteiger partial charge on any atom is 0.410 e. The molecule has 0 unspecified atom stereocenters. The zero-order valence-electron chi connectivity index (χ0n) is 14.0. The molecular weight excluding hydrogens is 272 g/mol. The summed E-state index contributed by atoms with van der Waals surface area (Å²) in [6.07, 6.45) is 0.884. The molecule has 0 radical (unpaired) electrons. The zero-order valence-corrected chi connectivity index (χ0v) is 14.0. The molecule has 1 heterocycles. The molecule has 1 N–H and O–H groups in total. The molecule has 21 heavy (non-hydrogen) atoms. The number of likely N-dealkylation sites (tertiary alicyclic amines) is 1. The van der Waals surface area contributed by atoms with Gasteiger partial charge in [-0.1, -0.05) is 0 Å². The van der Waals surface area contributed by atoms with Gasteiger partial charge in [-0.05, 0) is 54.4 Å². The fourth-order valence-corrected chi connectivity index (χ4v) is 2.06. The number of amides is 2. The van der Waals surface area contributed by atoms with Crippen molar-refractivity contribution in [1.82, 2.24) is 10.2 Å². The summed E-state index contributed by atoms with van der Waals surface area (Å²) in [5.41, 5.74) is -1.04. The summed E-state index contributed by atoms with van der Waals surface area (Å²) in [5, 5.41) is 2.81. The zero-order chi connectivity index (χ0) is 16.3. The monoisotopic (exact) mass is 300 g/mol. The molecule has 0 bridgehead atoms. The third-order valence-electron chi connectivity index (χ3n) is 2.79. The standard InChI is InChI=1S/C15H28N2O4/c1-14(2,3)20-12(18)16-11-8-7-9-17(10-11)13(19)21-15(4,5)6/h11H,7-10H2,1-6H3,(H,16,18)/t11-/m1/s1. The predicted octanol–water partition coefficient (Wildman–Crippen LogP) is 2.91. The molecule has 6 nitrogen and oxygen atoms in total. The Morgan fingerprint density at radius 2 is 1.62 bits per heavy atom. The van der Waals surface area contributed by atoms with Crippen molar-refractivity contribution in [3.05, 3.63) is 0 Å². The van der Waals surface area contributed by atoms with Crippen LogP contribution in [-0.4, -0.2) is 47.4 Å². The Morgan fingerprint density at radius 1 is 1.05 bits per heavy atom. The van der Waals surface area contributed by atoms with E-state index in [0.29, 0.717) is 13.1 Å². The van der Waals surface area contributed by atoms with Crippen LogP contribution in [0.4, 0.5) is 9.59 Å². The number of nitrogens with one attached hydrogen (secondary N) is 1. The topological polar surface area (TPSA) is 67.9 Å². The van der Waals surface area contributed by atoms with Gasteiger partial charge in [0.1, 0.15) is 11.2 Å². The first-order valence-corrected chi connectivity index (χ1v) is 7.44. The molecule has 1 aliphatic heterocycles. The lowest BCUT2D eigenvalue weighted by molar-refractivity contribution is 0.0162. The van der Waals surface area contributed by atoms with Gasteiger partial charge in [0.05, 0.1) is 0 Å². The highest BCUT2D eigenvalue weighted by Crippen LogP contribution is 2.16. The van der Waals surface area contributed by atoms with Crippen molar-refractivity contribution in [3.63, 3.8) is 0 Å². The third-order valence-corrected chi connectivity index (χ3v) is 2.79. The van der Waals surface area contributed by atoms with E-state index >= 15 is 0 Å². The number of hydrogen-bond acceptors (Lipinski definition) is 4. The third kappa shape index (κ3) is 7.20. The molecule has 6 heteroatoms. The average molecular weight is 300 g/mol. The van der Waals surface area contributed by atoms with Gasteiger partial charge in [0, 0.05) is 19.1 Å². The van der Waals surface area contributed by atoms with Crippen molar-refractivity contribution in [2.45, 2.75) is 71.6 Å². The van der Waals surface area contributed by atoms with E-state index in [4.69, 9.17) is 9.47 Å². The Hall–Kier alpha value is -1.46. The van der Waals surface area contributed by atoms with E-state index in [1.165, 1.54) is 0 Å². The van der Waals surface area contributed by atoms with Crippen molar-refractivity contribution >= 4 is 12.2 Å². The normalized spacial score (nSPS) is 19.9. The Morgan fingerprint density at radius 3 is 2.14 bits per heavy atom. The summed E-state index contributed by atoms with van der Waals surface area (Å²) in [6, 6.07) is -0.0962. The van der Waals surface area contributed by atoms with Crippen molar-refractivity contribution in [3.8, 4) is 0 Å². The van der Waals surface area contributed by atoms with E-state index < -0.39 is 17.3 Å². The van der Waals surface area contributed by atoms with E-state index in [1.54, 1.807) is 4.90 Å². The highest BCUT2D eigenvalue weighted by molar-refractivity contribution is 5.70. The minimum absolute atomic E-state index is 0.0962. The number of rotatable bonds is 1. The molecule has 1 aliphatic rings. The van der Waals surface area contributed by atoms with Crippen LogP contribution in [0.1, 0.15) is 54.4 Å². The predicted molar refractivity (Wildman–Crippen MR) is 80.2 cm³/mol. The van der Waals surface area contributed by atoms with Crippen LogP contribution < -0.4 is 5.32 Å². The van der Waals surface area contributed by atoms with Gasteiger partial charge in [0.15, 0.2) is 0 Å². The van der Waals surface area contributed by atoms with Crippen LogP contribution in [0.5, 0.6) is 0 Å². The fourth-order valence-electron chi connectivity index (χ4n) is 2.06. The molecule has 122 valence electrons. The van der Waals surface area contributed by atoms with Crippen LogP contribution in [0, 0.1) is 0 Å². The van der Waals surface area contributed by atoms with Gasteiger partial charge in [-0.2, -0.15) is 0 Å². The average Bonchev–Trinajstić information content (AvgIpc) is 2.24. The van der Waals surface area contributed by atoms with Gasteiger partial charge in [-0.15, -0.1) is 0 Å². The number of hydrogen-bond donors (Lipinski definition) is 1. The van der Waals surface area contributed by atoms with Gasteiger partial charge in [0.25, 0.3) is 0 Å². The Kier molecular flexibility index (Phi) is 5.48. The number of nitrogens with zero attached hydrogens (tertiary/aromatic N) is 1. The quantitative estimate of drug-likeness (QED) is 0.808. The maximum atomic E-state index is 12.0. The van der Waals surface area contributed by atoms with E-state index in [-0.39, 0.29) is 12.1 Å². The molecule has 0 aromatic carbocycles. The fraction of sp³-hybridized carbons (Fsp3) is 0.867. The molecule has 0 saturated carbocycles. The Bertz CT molecular complexity index is 382. The van der Waals surface area contributed by atoms with Crippen LogP contribution in [0.2, 0.25) is 0 Å². The molecule has 1 saturated heterocycles. The molecular formula is C15H28N2O4. The Labute approximate surface area is 127 Å². The molecule has 0 spiro atoms. The first-order chi connectivity index (χ1) is 9.46. The lowest BCUT2D eigenvalue weighted by atomic mass is 10.1. The minimum Gasteiger partial charge on any atom is -0.444 e. The molecule has 1 atom stereocenters. The largest absolute Gasteiger partial charge is 0.444 e. The van der Waals surface area contributed by atoms with Gasteiger partial charge in [-0.25, -0.2) is 9.59 Å². The summed E-state index contributed by atoms with van der Waals surface area (Å²) in [4.78, 5) is 25.4. The van der Waals surface area contributed by atoms with E-state index in [2.05, 4.69) is 5.32 Å². The molecule has 2 amide bonds. The van der Waals surface area contributed by atoms with Gasteiger partial charge in [-0.3, -0.25) is 0 Å². The van der Waals surface area contributed by atoms with Crippen molar-refractivity contribution < 1.29 is 19.1 Å². The summed E-state index contributed by atoms with van der Waals surface area (Å²) in [5.74, 6) is 0. The number of alkyl carbamates (subject to hydrolysis) is 1. The first kappa shape index (κ1) is 17.6. The smallest absolute Gasteiger partial charge is 0.410 e. The van der Waals surface area contributed by atoms with Crippen molar-refractivity contribution in [2.75, 3.05) is 13.1 Å². The summed E-state index contributed by atoms with van der Waals surface area (Å²) < 4.78 is 10.6. The van der Waals surface area contributed by atoms with Crippen LogP contribution in [0.3, 0.4) is 0 Å². The minimum atomic E-state index is -0.524. The molecule has 0 aliphatic carbocycles. The number of ether oxygens (including phenoxy) is 2. The van der Waals surface area contributed by atoms with E-state index in [0.717, 1.165) is 12.8 Å². The lowest BCUT2D eigenvalue weighted by Gasteiger charge is -2.34. The van der Waals surface area contributed by atoms with Crippen LogP contribution in [-0.2, 0) is 9.47 Å². The van der Waals surface area contributed by atoms with E-state index in [1.807, 2.05) is 41.5 Å². The highest BCUT2D eigenvalue weighted by Gasteiger charge is 2.29. The molecule has 0 aromatic heterocycles. The summed E-state index contributed by atoms with van der Waals surface area (Å²) >= 11 is 0. The maximum absolute atomic E-state index is 12.0. The molecule has 1 fully saturated rings. The van der Waals surface area contributed by atoms with Crippen molar-refractivity contribution in [1.29, 1.82) is 0 Å². The first-order valence-electron chi connectivity index (χ1n) is 7.44. The van der Waals surface area contributed by atoms with Crippen LogP contribution in [0.15, 0.2) is 0 Å². The SMILES string of the molecule is CC(C)(C)OC(=O)N[C@@H]1CCCN(C(=O)OC(C)(C)C)C1. The van der Waals surface area contributed by atoms with Crippen molar-refractivity contribution in [2.24, 2.45) is 0 Å². The highest BCUT2D eigenvalue weighted by atomic mass is 16.6. The van der Waals surface area contributed by atoms with Crippen LogP contribution >= 0.6 is 0 Å². The van der Waals surface area contributed by atoms with Crippen LogP contribution in [0.25, 0.3) is 0 Å². The number of piperidine rings is 1. The Balaban J connectivity index is 2.49. The van der Waals surface area contributed by atoms with Gasteiger partial charge in [0.2, 0.25) is 0 Å². The lowest BCUT2D eigenvalue weighted by Crippen LogP contribution is -2.51. The second kappa shape index (κ2) is 6.54.